The first-order valence-corrected chi connectivity index (χ1v) is 6.68. The SMILES string of the molecule is CC1(C)[C@H]2CC[C@]1(C)[C@](O)(c1ccccc1)C2=O. The molecule has 0 heterocycles. The van der Waals surface area contributed by atoms with Crippen molar-refractivity contribution < 1.29 is 9.90 Å². The molecule has 2 aliphatic carbocycles. The second kappa shape index (κ2) is 3.24. The molecular formula is C16H20O2. The van der Waals surface area contributed by atoms with Crippen molar-refractivity contribution in [3.05, 3.63) is 35.9 Å². The third-order valence-electron chi connectivity index (χ3n) is 5.89. The topological polar surface area (TPSA) is 37.3 Å². The number of rotatable bonds is 1. The Morgan fingerprint density at radius 2 is 1.78 bits per heavy atom. The number of hydrogen-bond donors (Lipinski definition) is 1. The highest BCUT2D eigenvalue weighted by Crippen LogP contribution is 2.70. The fourth-order valence-corrected chi connectivity index (χ4v) is 4.27. The molecule has 0 aliphatic heterocycles. The van der Waals surface area contributed by atoms with Crippen molar-refractivity contribution in [3.8, 4) is 0 Å². The number of carbonyl (C=O) groups is 1. The molecule has 0 saturated heterocycles. The second-order valence-electron chi connectivity index (χ2n) is 6.59. The van der Waals surface area contributed by atoms with Gasteiger partial charge in [-0.3, -0.25) is 4.79 Å². The molecule has 2 heteroatoms. The third-order valence-corrected chi connectivity index (χ3v) is 5.89. The largest absolute Gasteiger partial charge is 0.377 e. The van der Waals surface area contributed by atoms with E-state index in [0.717, 1.165) is 18.4 Å². The van der Waals surface area contributed by atoms with Crippen molar-refractivity contribution in [2.45, 2.75) is 39.2 Å². The van der Waals surface area contributed by atoms with E-state index in [0.29, 0.717) is 0 Å². The van der Waals surface area contributed by atoms with Gasteiger partial charge in [-0.25, -0.2) is 0 Å². The molecule has 3 atom stereocenters. The predicted octanol–water partition coefficient (Wildman–Crippen LogP) is 2.90. The lowest BCUT2D eigenvalue weighted by atomic mass is 9.62. The molecule has 1 N–H and O–H groups in total. The van der Waals surface area contributed by atoms with Gasteiger partial charge in [0.15, 0.2) is 11.4 Å². The molecule has 2 nitrogen and oxygen atoms in total. The summed E-state index contributed by atoms with van der Waals surface area (Å²) in [6, 6.07) is 9.45. The van der Waals surface area contributed by atoms with E-state index < -0.39 is 5.60 Å². The highest BCUT2D eigenvalue weighted by molar-refractivity contribution is 5.96. The molecule has 96 valence electrons. The van der Waals surface area contributed by atoms with E-state index in [1.807, 2.05) is 30.3 Å². The van der Waals surface area contributed by atoms with Crippen molar-refractivity contribution in [3.63, 3.8) is 0 Å². The Bertz CT molecular complexity index is 505. The van der Waals surface area contributed by atoms with Crippen LogP contribution in [-0.4, -0.2) is 10.9 Å². The Hall–Kier alpha value is -1.15. The lowest BCUT2D eigenvalue weighted by Gasteiger charge is -2.44. The minimum absolute atomic E-state index is 0.00675. The van der Waals surface area contributed by atoms with E-state index in [1.54, 1.807) is 0 Å². The molecule has 1 aromatic carbocycles. The van der Waals surface area contributed by atoms with Crippen molar-refractivity contribution >= 4 is 5.78 Å². The molecule has 18 heavy (non-hydrogen) atoms. The molecule has 0 radical (unpaired) electrons. The molecular weight excluding hydrogens is 224 g/mol. The van der Waals surface area contributed by atoms with E-state index >= 15 is 0 Å². The van der Waals surface area contributed by atoms with Gasteiger partial charge in [0, 0.05) is 11.3 Å². The highest BCUT2D eigenvalue weighted by atomic mass is 16.3. The van der Waals surface area contributed by atoms with Crippen LogP contribution in [0.15, 0.2) is 30.3 Å². The average Bonchev–Trinajstić information content (AvgIpc) is 2.65. The number of fused-ring (bicyclic) bond motifs is 2. The summed E-state index contributed by atoms with van der Waals surface area (Å²) in [4.78, 5) is 12.7. The maximum Gasteiger partial charge on any atom is 0.173 e. The normalized spacial score (nSPS) is 41.3. The van der Waals surface area contributed by atoms with Gasteiger partial charge in [-0.2, -0.15) is 0 Å². The number of ketones is 1. The van der Waals surface area contributed by atoms with Crippen LogP contribution in [0, 0.1) is 16.7 Å². The zero-order valence-corrected chi connectivity index (χ0v) is 11.2. The van der Waals surface area contributed by atoms with Crippen LogP contribution in [0.2, 0.25) is 0 Å². The highest BCUT2D eigenvalue weighted by Gasteiger charge is 2.74. The summed E-state index contributed by atoms with van der Waals surface area (Å²) in [5.41, 5.74) is -1.04. The van der Waals surface area contributed by atoms with E-state index in [1.165, 1.54) is 0 Å². The monoisotopic (exact) mass is 244 g/mol. The molecule has 2 fully saturated rings. The van der Waals surface area contributed by atoms with Gasteiger partial charge in [0.05, 0.1) is 0 Å². The Morgan fingerprint density at radius 1 is 1.17 bits per heavy atom. The summed E-state index contributed by atoms with van der Waals surface area (Å²) < 4.78 is 0. The Morgan fingerprint density at radius 3 is 2.28 bits per heavy atom. The maximum atomic E-state index is 12.7. The van der Waals surface area contributed by atoms with Crippen LogP contribution in [0.3, 0.4) is 0 Å². The van der Waals surface area contributed by atoms with E-state index in [2.05, 4.69) is 20.8 Å². The van der Waals surface area contributed by atoms with Crippen LogP contribution < -0.4 is 0 Å². The van der Waals surface area contributed by atoms with Gasteiger partial charge in [-0.05, 0) is 23.8 Å². The third kappa shape index (κ3) is 1.02. The zero-order valence-electron chi connectivity index (χ0n) is 11.2. The summed E-state index contributed by atoms with van der Waals surface area (Å²) in [6.07, 6.45) is 1.83. The van der Waals surface area contributed by atoms with Crippen LogP contribution in [0.4, 0.5) is 0 Å². The van der Waals surface area contributed by atoms with E-state index in [9.17, 15) is 9.90 Å². The molecule has 2 bridgehead atoms. The van der Waals surface area contributed by atoms with Crippen molar-refractivity contribution in [1.29, 1.82) is 0 Å². The van der Waals surface area contributed by atoms with E-state index in [-0.39, 0.29) is 22.5 Å². The van der Waals surface area contributed by atoms with Gasteiger partial charge < -0.3 is 5.11 Å². The Balaban J connectivity index is 2.23. The molecule has 2 aliphatic rings. The molecule has 0 unspecified atom stereocenters. The fraction of sp³-hybridized carbons (Fsp3) is 0.562. The number of hydrogen-bond acceptors (Lipinski definition) is 2. The molecule has 1 aromatic rings. The first-order valence-electron chi connectivity index (χ1n) is 6.68. The van der Waals surface area contributed by atoms with Crippen LogP contribution in [0.25, 0.3) is 0 Å². The molecule has 3 rings (SSSR count). The minimum atomic E-state index is -1.30. The second-order valence-corrected chi connectivity index (χ2v) is 6.59. The van der Waals surface area contributed by atoms with Gasteiger partial charge >= 0.3 is 0 Å². The van der Waals surface area contributed by atoms with Crippen molar-refractivity contribution in [1.82, 2.24) is 0 Å². The van der Waals surface area contributed by atoms with E-state index in [4.69, 9.17) is 0 Å². The Labute approximate surface area is 108 Å². The van der Waals surface area contributed by atoms with Gasteiger partial charge in [0.25, 0.3) is 0 Å². The van der Waals surface area contributed by atoms with Crippen LogP contribution in [0.5, 0.6) is 0 Å². The van der Waals surface area contributed by atoms with Crippen LogP contribution >= 0.6 is 0 Å². The smallest absolute Gasteiger partial charge is 0.173 e. The van der Waals surface area contributed by atoms with Crippen LogP contribution in [-0.2, 0) is 10.4 Å². The van der Waals surface area contributed by atoms with Crippen molar-refractivity contribution in [2.24, 2.45) is 16.7 Å². The molecule has 2 saturated carbocycles. The average molecular weight is 244 g/mol. The lowest BCUT2D eigenvalue weighted by Crippen LogP contribution is -2.48. The lowest BCUT2D eigenvalue weighted by molar-refractivity contribution is -0.152. The van der Waals surface area contributed by atoms with Crippen LogP contribution in [0.1, 0.15) is 39.2 Å². The molecule has 0 amide bonds. The van der Waals surface area contributed by atoms with Crippen molar-refractivity contribution in [2.75, 3.05) is 0 Å². The van der Waals surface area contributed by atoms with Gasteiger partial charge in [-0.15, -0.1) is 0 Å². The summed E-state index contributed by atoms with van der Waals surface area (Å²) in [5.74, 6) is 0.0140. The maximum absolute atomic E-state index is 12.7. The molecule has 0 aromatic heterocycles. The quantitative estimate of drug-likeness (QED) is 0.824. The summed E-state index contributed by atoms with van der Waals surface area (Å²) in [5, 5.41) is 11.2. The predicted molar refractivity (Wildman–Crippen MR) is 70.0 cm³/mol. The van der Waals surface area contributed by atoms with Gasteiger partial charge in [-0.1, -0.05) is 51.1 Å². The summed E-state index contributed by atoms with van der Waals surface area (Å²) in [6.45, 7) is 6.33. The first kappa shape index (κ1) is 11.9. The van der Waals surface area contributed by atoms with Gasteiger partial charge in [0.2, 0.25) is 0 Å². The van der Waals surface area contributed by atoms with Gasteiger partial charge in [0.1, 0.15) is 0 Å². The number of benzene rings is 1. The molecule has 0 spiro atoms. The minimum Gasteiger partial charge on any atom is -0.377 e. The number of Topliss-reactive ketones (excluding diaryl/α,β-unsaturated/α-hetero) is 1. The fourth-order valence-electron chi connectivity index (χ4n) is 4.27. The first-order chi connectivity index (χ1) is 8.36. The zero-order chi connectivity index (χ0) is 13.2. The Kier molecular flexibility index (Phi) is 2.14. The number of aliphatic hydroxyl groups is 1. The summed E-state index contributed by atoms with van der Waals surface area (Å²) >= 11 is 0. The standard InChI is InChI=1S/C16H20O2/c1-14(2)12-9-10-15(14,3)16(18,13(12)17)11-7-5-4-6-8-11/h4-8,12,18H,9-10H2,1-3H3/t12-,15-,16-/m0/s1. The number of carbonyl (C=O) groups excluding carboxylic acids is 1. The summed E-state index contributed by atoms with van der Waals surface area (Å²) in [7, 11) is 0.